The Bertz CT molecular complexity index is 786. The van der Waals surface area contributed by atoms with Crippen LogP contribution >= 0.6 is 0 Å². The highest BCUT2D eigenvalue weighted by Crippen LogP contribution is 2.31. The van der Waals surface area contributed by atoms with E-state index in [0.717, 1.165) is 5.39 Å². The summed E-state index contributed by atoms with van der Waals surface area (Å²) < 4.78 is 11.1. The molecule has 4 rings (SSSR count). The van der Waals surface area contributed by atoms with E-state index in [0.29, 0.717) is 63.6 Å². The average molecular weight is 372 g/mol. The number of fused-ring (bicyclic) bond motifs is 1. The first-order valence-corrected chi connectivity index (χ1v) is 9.45. The molecule has 1 aromatic carbocycles. The fraction of sp³-hybridized carbons (Fsp3) is 0.500. The van der Waals surface area contributed by atoms with E-state index in [1.165, 1.54) is 0 Å². The van der Waals surface area contributed by atoms with Crippen LogP contribution in [0, 0.1) is 5.92 Å². The van der Waals surface area contributed by atoms with Gasteiger partial charge in [0.2, 0.25) is 5.91 Å². The van der Waals surface area contributed by atoms with Crippen LogP contribution in [0.5, 0.6) is 0 Å². The summed E-state index contributed by atoms with van der Waals surface area (Å²) in [5.74, 6) is -0.341. The second-order valence-electron chi connectivity index (χ2n) is 7.18. The molecule has 0 spiro atoms. The minimum absolute atomic E-state index is 0.0375. The van der Waals surface area contributed by atoms with Gasteiger partial charge in [0.25, 0.3) is 0 Å². The monoisotopic (exact) mass is 372 g/mol. The SMILES string of the molecule is O=C(O)C(c1cc2ccccc2o1)N1CCC(C(=O)N2CCOCC2)CC1. The highest BCUT2D eigenvalue weighted by molar-refractivity contribution is 5.82. The lowest BCUT2D eigenvalue weighted by Crippen LogP contribution is -2.47. The number of carbonyl (C=O) groups excluding carboxylic acids is 1. The number of carboxylic acids is 1. The molecule has 2 aliphatic rings. The van der Waals surface area contributed by atoms with Crippen molar-refractivity contribution in [1.29, 1.82) is 0 Å². The molecular weight excluding hydrogens is 348 g/mol. The number of piperidine rings is 1. The van der Waals surface area contributed by atoms with Crippen LogP contribution in [-0.4, -0.2) is 66.2 Å². The van der Waals surface area contributed by atoms with Gasteiger partial charge in [-0.15, -0.1) is 0 Å². The molecular formula is C20H24N2O5. The Morgan fingerprint density at radius 2 is 1.78 bits per heavy atom. The minimum atomic E-state index is -0.924. The van der Waals surface area contributed by atoms with Gasteiger partial charge in [0.1, 0.15) is 11.3 Å². The zero-order chi connectivity index (χ0) is 18.8. The van der Waals surface area contributed by atoms with E-state index in [9.17, 15) is 14.7 Å². The summed E-state index contributed by atoms with van der Waals surface area (Å²) in [6.45, 7) is 3.62. The number of nitrogens with zero attached hydrogens (tertiary/aromatic N) is 2. The molecule has 27 heavy (non-hydrogen) atoms. The summed E-state index contributed by atoms with van der Waals surface area (Å²) in [5.41, 5.74) is 0.691. The normalized spacial score (nSPS) is 20.7. The molecule has 0 radical (unpaired) electrons. The van der Waals surface area contributed by atoms with Crippen LogP contribution in [-0.2, 0) is 14.3 Å². The number of hydrogen-bond donors (Lipinski definition) is 1. The Kier molecular flexibility index (Phi) is 5.13. The van der Waals surface area contributed by atoms with Crippen LogP contribution in [0.4, 0.5) is 0 Å². The molecule has 1 unspecified atom stereocenters. The maximum atomic E-state index is 12.7. The van der Waals surface area contributed by atoms with Crippen molar-refractivity contribution in [2.24, 2.45) is 5.92 Å². The maximum Gasteiger partial charge on any atom is 0.328 e. The third kappa shape index (κ3) is 3.70. The first kappa shape index (κ1) is 18.0. The highest BCUT2D eigenvalue weighted by atomic mass is 16.5. The van der Waals surface area contributed by atoms with Gasteiger partial charge in [-0.1, -0.05) is 18.2 Å². The van der Waals surface area contributed by atoms with Crippen LogP contribution in [0.1, 0.15) is 24.6 Å². The van der Waals surface area contributed by atoms with Crippen molar-refractivity contribution in [2.45, 2.75) is 18.9 Å². The number of carboxylic acid groups (broad SMARTS) is 1. The summed E-state index contributed by atoms with van der Waals surface area (Å²) in [6, 6.07) is 8.50. The fourth-order valence-electron chi connectivity index (χ4n) is 4.04. The minimum Gasteiger partial charge on any atom is -0.480 e. The summed E-state index contributed by atoms with van der Waals surface area (Å²) >= 11 is 0. The van der Waals surface area contributed by atoms with Gasteiger partial charge in [-0.25, -0.2) is 0 Å². The third-order valence-corrected chi connectivity index (χ3v) is 5.51. The number of morpholine rings is 1. The smallest absolute Gasteiger partial charge is 0.328 e. The molecule has 7 nitrogen and oxygen atoms in total. The van der Waals surface area contributed by atoms with Crippen molar-refractivity contribution in [3.05, 3.63) is 36.1 Å². The Morgan fingerprint density at radius 3 is 2.44 bits per heavy atom. The van der Waals surface area contributed by atoms with E-state index in [2.05, 4.69) is 0 Å². The molecule has 1 aromatic heterocycles. The highest BCUT2D eigenvalue weighted by Gasteiger charge is 2.36. The summed E-state index contributed by atoms with van der Waals surface area (Å²) in [5, 5.41) is 10.7. The molecule has 0 bridgehead atoms. The van der Waals surface area contributed by atoms with Crippen molar-refractivity contribution < 1.29 is 23.8 Å². The fourth-order valence-corrected chi connectivity index (χ4v) is 4.04. The second-order valence-corrected chi connectivity index (χ2v) is 7.18. The molecule has 0 saturated carbocycles. The molecule has 1 N–H and O–H groups in total. The first-order valence-electron chi connectivity index (χ1n) is 9.45. The van der Waals surface area contributed by atoms with Crippen molar-refractivity contribution in [1.82, 2.24) is 9.80 Å². The summed E-state index contributed by atoms with van der Waals surface area (Å²) in [4.78, 5) is 28.4. The number of likely N-dealkylation sites (tertiary alicyclic amines) is 1. The van der Waals surface area contributed by atoms with Gasteiger partial charge < -0.3 is 19.2 Å². The Labute approximate surface area is 157 Å². The number of amides is 1. The Balaban J connectivity index is 1.44. The van der Waals surface area contributed by atoms with Crippen molar-refractivity contribution in [2.75, 3.05) is 39.4 Å². The zero-order valence-electron chi connectivity index (χ0n) is 15.2. The van der Waals surface area contributed by atoms with E-state index >= 15 is 0 Å². The second kappa shape index (κ2) is 7.70. The van der Waals surface area contributed by atoms with Crippen LogP contribution < -0.4 is 0 Å². The van der Waals surface area contributed by atoms with Gasteiger partial charge in [0.15, 0.2) is 6.04 Å². The summed E-state index contributed by atoms with van der Waals surface area (Å²) in [7, 11) is 0. The van der Waals surface area contributed by atoms with E-state index in [4.69, 9.17) is 9.15 Å². The van der Waals surface area contributed by atoms with Gasteiger partial charge in [-0.3, -0.25) is 14.5 Å². The summed E-state index contributed by atoms with van der Waals surface area (Å²) in [6.07, 6.45) is 1.33. The van der Waals surface area contributed by atoms with Crippen LogP contribution in [0.15, 0.2) is 34.7 Å². The van der Waals surface area contributed by atoms with Crippen molar-refractivity contribution in [3.8, 4) is 0 Å². The number of para-hydroxylation sites is 1. The van der Waals surface area contributed by atoms with Crippen molar-refractivity contribution >= 4 is 22.8 Å². The number of aliphatic carboxylic acids is 1. The number of carbonyl (C=O) groups is 2. The molecule has 0 aliphatic carbocycles. The van der Waals surface area contributed by atoms with Crippen LogP contribution in [0.3, 0.4) is 0 Å². The van der Waals surface area contributed by atoms with Gasteiger partial charge in [0.05, 0.1) is 13.2 Å². The number of benzene rings is 1. The number of ether oxygens (including phenoxy) is 1. The van der Waals surface area contributed by atoms with Crippen molar-refractivity contribution in [3.63, 3.8) is 0 Å². The number of hydrogen-bond acceptors (Lipinski definition) is 5. The zero-order valence-corrected chi connectivity index (χ0v) is 15.2. The lowest BCUT2D eigenvalue weighted by molar-refractivity contribution is -0.146. The lowest BCUT2D eigenvalue weighted by Gasteiger charge is -2.37. The molecule has 2 aromatic rings. The third-order valence-electron chi connectivity index (χ3n) is 5.51. The standard InChI is InChI=1S/C20H24N2O5/c23-19(22-9-11-26-12-10-22)14-5-7-21(8-6-14)18(20(24)25)17-13-15-3-1-2-4-16(15)27-17/h1-4,13-14,18H,5-12H2,(H,24,25). The van der Waals surface area contributed by atoms with Gasteiger partial charge in [-0.2, -0.15) is 0 Å². The molecule has 7 heteroatoms. The van der Waals surface area contributed by atoms with E-state index < -0.39 is 12.0 Å². The Morgan fingerprint density at radius 1 is 1.07 bits per heavy atom. The topological polar surface area (TPSA) is 83.2 Å². The molecule has 1 amide bonds. The average Bonchev–Trinajstić information content (AvgIpc) is 3.12. The molecule has 3 heterocycles. The molecule has 2 saturated heterocycles. The number of furan rings is 1. The van der Waals surface area contributed by atoms with E-state index in [1.807, 2.05) is 34.1 Å². The quantitative estimate of drug-likeness (QED) is 0.885. The first-order chi connectivity index (χ1) is 13.1. The lowest BCUT2D eigenvalue weighted by atomic mass is 9.93. The van der Waals surface area contributed by atoms with Crippen LogP contribution in [0.2, 0.25) is 0 Å². The molecule has 2 fully saturated rings. The van der Waals surface area contributed by atoms with Gasteiger partial charge >= 0.3 is 5.97 Å². The molecule has 2 aliphatic heterocycles. The van der Waals surface area contributed by atoms with Gasteiger partial charge in [0, 0.05) is 37.5 Å². The number of rotatable bonds is 4. The van der Waals surface area contributed by atoms with E-state index in [1.54, 1.807) is 6.07 Å². The molecule has 1 atom stereocenters. The van der Waals surface area contributed by atoms with Gasteiger partial charge in [-0.05, 0) is 25.0 Å². The molecule has 144 valence electrons. The van der Waals surface area contributed by atoms with E-state index in [-0.39, 0.29) is 11.8 Å². The maximum absolute atomic E-state index is 12.7. The van der Waals surface area contributed by atoms with Crippen LogP contribution in [0.25, 0.3) is 11.0 Å². The predicted octanol–water partition coefficient (Wildman–Crippen LogP) is 2.13. The Hall–Kier alpha value is -2.38. The largest absolute Gasteiger partial charge is 0.480 e. The predicted molar refractivity (Wildman–Crippen MR) is 98.3 cm³/mol.